The van der Waals surface area contributed by atoms with Crippen LogP contribution in [0.2, 0.25) is 0 Å². The molecule has 1 aliphatic heterocycles. The fourth-order valence-electron chi connectivity index (χ4n) is 3.78. The van der Waals surface area contributed by atoms with E-state index in [9.17, 15) is 18.0 Å². The van der Waals surface area contributed by atoms with Crippen molar-refractivity contribution in [1.82, 2.24) is 9.29 Å². The van der Waals surface area contributed by atoms with Crippen LogP contribution in [0.4, 0.5) is 5.69 Å². The van der Waals surface area contributed by atoms with Crippen molar-refractivity contribution < 1.29 is 22.7 Å². The largest absolute Gasteiger partial charge is 0.456 e. The number of sulfonamides is 1. The van der Waals surface area contributed by atoms with E-state index in [1.165, 1.54) is 28.6 Å². The third-order valence-corrected chi connectivity index (χ3v) is 7.39. The molecule has 168 valence electrons. The summed E-state index contributed by atoms with van der Waals surface area (Å²) in [5, 5.41) is 3.67. The zero-order valence-electron chi connectivity index (χ0n) is 17.5. The van der Waals surface area contributed by atoms with E-state index in [0.29, 0.717) is 25.2 Å². The molecule has 2 N–H and O–H groups in total. The van der Waals surface area contributed by atoms with Crippen molar-refractivity contribution in [2.24, 2.45) is 0 Å². The number of nitrogens with one attached hydrogen (secondary N) is 2. The van der Waals surface area contributed by atoms with Crippen LogP contribution >= 0.6 is 0 Å². The average Bonchev–Trinajstić information content (AvgIpc) is 3.47. The Morgan fingerprint density at radius 2 is 1.75 bits per heavy atom. The van der Waals surface area contributed by atoms with Crippen LogP contribution in [-0.4, -0.2) is 49.3 Å². The number of aromatic amines is 1. The summed E-state index contributed by atoms with van der Waals surface area (Å²) in [6.07, 6.45) is 4.29. The number of fused-ring (bicyclic) bond motifs is 1. The van der Waals surface area contributed by atoms with Gasteiger partial charge < -0.3 is 15.0 Å². The molecule has 0 spiro atoms. The first-order valence-corrected chi connectivity index (χ1v) is 12.0. The van der Waals surface area contributed by atoms with E-state index in [1.807, 2.05) is 30.5 Å². The van der Waals surface area contributed by atoms with Crippen molar-refractivity contribution in [2.75, 3.05) is 25.0 Å². The Labute approximate surface area is 186 Å². The van der Waals surface area contributed by atoms with E-state index in [4.69, 9.17) is 4.74 Å². The summed E-state index contributed by atoms with van der Waals surface area (Å²) in [7, 11) is -3.50. The van der Waals surface area contributed by atoms with Crippen LogP contribution in [0, 0.1) is 0 Å². The molecule has 2 aromatic carbocycles. The summed E-state index contributed by atoms with van der Waals surface area (Å²) in [6, 6.07) is 13.8. The molecule has 0 aliphatic carbocycles. The number of rotatable bonds is 8. The van der Waals surface area contributed by atoms with Gasteiger partial charge in [0.1, 0.15) is 0 Å². The zero-order chi connectivity index (χ0) is 22.6. The number of benzene rings is 2. The Morgan fingerprint density at radius 3 is 2.50 bits per heavy atom. The van der Waals surface area contributed by atoms with Crippen molar-refractivity contribution in [1.29, 1.82) is 0 Å². The SMILES string of the molecule is O=C(COC(=O)CCc1c[nH]c2ccccc12)Nc1ccc(S(=O)(=O)N2CCCC2)cc1. The minimum atomic E-state index is -3.50. The number of ether oxygens (including phenoxy) is 1. The molecule has 9 heteroatoms. The first-order valence-electron chi connectivity index (χ1n) is 10.5. The third kappa shape index (κ3) is 5.00. The summed E-state index contributed by atoms with van der Waals surface area (Å²) in [5.74, 6) is -0.946. The first-order chi connectivity index (χ1) is 15.4. The smallest absolute Gasteiger partial charge is 0.306 e. The Balaban J connectivity index is 1.24. The summed E-state index contributed by atoms with van der Waals surface area (Å²) in [6.45, 7) is 0.666. The van der Waals surface area contributed by atoms with Crippen molar-refractivity contribution in [2.45, 2.75) is 30.6 Å². The molecular weight excluding hydrogens is 430 g/mol. The van der Waals surface area contributed by atoms with E-state index < -0.39 is 28.5 Å². The van der Waals surface area contributed by atoms with Gasteiger partial charge in [-0.3, -0.25) is 9.59 Å². The molecule has 8 nitrogen and oxygen atoms in total. The molecule has 0 bridgehead atoms. The lowest BCUT2D eigenvalue weighted by molar-refractivity contribution is -0.147. The van der Waals surface area contributed by atoms with Gasteiger partial charge in [-0.2, -0.15) is 4.31 Å². The lowest BCUT2D eigenvalue weighted by Crippen LogP contribution is -2.27. The van der Waals surface area contributed by atoms with Gasteiger partial charge >= 0.3 is 5.97 Å². The summed E-state index contributed by atoms with van der Waals surface area (Å²) in [5.41, 5.74) is 2.46. The molecule has 0 atom stereocenters. The van der Waals surface area contributed by atoms with E-state index >= 15 is 0 Å². The highest BCUT2D eigenvalue weighted by atomic mass is 32.2. The Kier molecular flexibility index (Phi) is 6.57. The minimum absolute atomic E-state index is 0.165. The zero-order valence-corrected chi connectivity index (χ0v) is 18.4. The highest BCUT2D eigenvalue weighted by molar-refractivity contribution is 7.89. The van der Waals surface area contributed by atoms with Crippen molar-refractivity contribution >= 4 is 38.5 Å². The second-order valence-corrected chi connectivity index (χ2v) is 9.64. The highest BCUT2D eigenvalue weighted by Crippen LogP contribution is 2.22. The van der Waals surface area contributed by atoms with Crippen molar-refractivity contribution in [3.8, 4) is 0 Å². The van der Waals surface area contributed by atoms with E-state index in [-0.39, 0.29) is 11.3 Å². The molecule has 1 aromatic heterocycles. The molecule has 3 aromatic rings. The lowest BCUT2D eigenvalue weighted by Gasteiger charge is -2.15. The van der Waals surface area contributed by atoms with Crippen LogP contribution in [0.3, 0.4) is 0 Å². The van der Waals surface area contributed by atoms with Gasteiger partial charge in [0.05, 0.1) is 4.90 Å². The molecule has 0 saturated carbocycles. The molecule has 0 radical (unpaired) electrons. The number of anilines is 1. The van der Waals surface area contributed by atoms with Gasteiger partial charge in [0.15, 0.2) is 6.61 Å². The molecule has 2 heterocycles. The van der Waals surface area contributed by atoms with Gasteiger partial charge in [-0.15, -0.1) is 0 Å². The van der Waals surface area contributed by atoms with Gasteiger partial charge in [0.25, 0.3) is 5.91 Å². The monoisotopic (exact) mass is 455 g/mol. The average molecular weight is 456 g/mol. The second-order valence-electron chi connectivity index (χ2n) is 7.70. The number of aryl methyl sites for hydroxylation is 1. The van der Waals surface area contributed by atoms with Crippen molar-refractivity contribution in [3.05, 3.63) is 60.3 Å². The first kappa shape index (κ1) is 22.0. The van der Waals surface area contributed by atoms with E-state index in [2.05, 4.69) is 10.3 Å². The fourth-order valence-corrected chi connectivity index (χ4v) is 5.30. The highest BCUT2D eigenvalue weighted by Gasteiger charge is 2.26. The number of carbonyl (C=O) groups excluding carboxylic acids is 2. The standard InChI is InChI=1S/C23H25N3O5S/c27-22(16-31-23(28)12-7-17-15-24-21-6-2-1-5-20(17)21)25-18-8-10-19(11-9-18)32(29,30)26-13-3-4-14-26/h1-2,5-6,8-11,15,24H,3-4,7,12-14,16H2,(H,25,27). The van der Waals surface area contributed by atoms with E-state index in [0.717, 1.165) is 29.3 Å². The predicted octanol–water partition coefficient (Wildman–Crippen LogP) is 3.07. The van der Waals surface area contributed by atoms with Crippen molar-refractivity contribution in [3.63, 3.8) is 0 Å². The van der Waals surface area contributed by atoms with Crippen LogP contribution in [0.15, 0.2) is 59.6 Å². The maximum absolute atomic E-state index is 12.5. The number of esters is 1. The van der Waals surface area contributed by atoms with E-state index in [1.54, 1.807) is 0 Å². The quantitative estimate of drug-likeness (QED) is 0.508. The molecule has 4 rings (SSSR count). The minimum Gasteiger partial charge on any atom is -0.456 e. The molecule has 0 unspecified atom stereocenters. The Hall–Kier alpha value is -3.17. The summed E-state index contributed by atoms with van der Waals surface area (Å²) < 4.78 is 31.6. The fraction of sp³-hybridized carbons (Fsp3) is 0.304. The number of para-hydroxylation sites is 1. The van der Waals surface area contributed by atoms with Gasteiger partial charge in [0.2, 0.25) is 10.0 Å². The molecule has 32 heavy (non-hydrogen) atoms. The maximum Gasteiger partial charge on any atom is 0.306 e. The molecule has 1 fully saturated rings. The second kappa shape index (κ2) is 9.54. The number of hydrogen-bond acceptors (Lipinski definition) is 5. The number of nitrogens with zero attached hydrogens (tertiary/aromatic N) is 1. The van der Waals surface area contributed by atoms with Gasteiger partial charge in [-0.1, -0.05) is 18.2 Å². The van der Waals surface area contributed by atoms with Gasteiger partial charge in [-0.05, 0) is 55.2 Å². The predicted molar refractivity (Wildman–Crippen MR) is 121 cm³/mol. The van der Waals surface area contributed by atoms with Gasteiger partial charge in [-0.25, -0.2) is 8.42 Å². The van der Waals surface area contributed by atoms with Crippen LogP contribution < -0.4 is 5.32 Å². The topological polar surface area (TPSA) is 109 Å². The number of aromatic nitrogens is 1. The molecule has 1 aliphatic rings. The summed E-state index contributed by atoms with van der Waals surface area (Å²) in [4.78, 5) is 27.5. The number of amides is 1. The molecule has 1 amide bonds. The lowest BCUT2D eigenvalue weighted by atomic mass is 10.1. The van der Waals surface area contributed by atoms with Crippen LogP contribution in [-0.2, 0) is 30.8 Å². The number of hydrogen-bond donors (Lipinski definition) is 2. The van der Waals surface area contributed by atoms with Crippen LogP contribution in [0.25, 0.3) is 10.9 Å². The summed E-state index contributed by atoms with van der Waals surface area (Å²) >= 11 is 0. The van der Waals surface area contributed by atoms with Crippen LogP contribution in [0.5, 0.6) is 0 Å². The Bertz CT molecular complexity index is 1210. The number of H-pyrrole nitrogens is 1. The van der Waals surface area contributed by atoms with Gasteiger partial charge in [0, 0.05) is 42.3 Å². The van der Waals surface area contributed by atoms with Crippen LogP contribution in [0.1, 0.15) is 24.8 Å². The molecular formula is C23H25N3O5S. The maximum atomic E-state index is 12.5. The Morgan fingerprint density at radius 1 is 1.03 bits per heavy atom. The normalized spacial score (nSPS) is 14.5. The molecule has 1 saturated heterocycles. The third-order valence-electron chi connectivity index (χ3n) is 5.48. The number of carbonyl (C=O) groups is 2.